The topological polar surface area (TPSA) is 24.4 Å². The lowest BCUT2D eigenvalue weighted by atomic mass is 10.2. The van der Waals surface area contributed by atoms with Gasteiger partial charge >= 0.3 is 0 Å². The zero-order valence-corrected chi connectivity index (χ0v) is 12.5. The Bertz CT molecular complexity index is 555. The first kappa shape index (κ1) is 13.4. The lowest BCUT2D eigenvalue weighted by molar-refractivity contribution is 0.748. The number of benzene rings is 2. The van der Waals surface area contributed by atoms with Crippen molar-refractivity contribution in [1.29, 1.82) is 0 Å². The molecule has 2 aromatic rings. The van der Waals surface area contributed by atoms with Crippen LogP contribution in [0.4, 0.5) is 0 Å². The van der Waals surface area contributed by atoms with Gasteiger partial charge in [-0.1, -0.05) is 48.0 Å². The van der Waals surface area contributed by atoms with Crippen LogP contribution in [0.5, 0.6) is 0 Å². The summed E-state index contributed by atoms with van der Waals surface area (Å²) in [6, 6.07) is 15.8. The molecular formula is C14H12ClIN2. The molecule has 0 atom stereocenters. The standard InChI is InChI=1S/C14H12ClIN2/c15-13-7-3-1-5-11(13)9-17-18-10-12-6-2-4-8-14(12)16/h1-8,10,17H,9H2/b18-10-. The lowest BCUT2D eigenvalue weighted by Crippen LogP contribution is -2.06. The van der Waals surface area contributed by atoms with Crippen molar-refractivity contribution in [2.45, 2.75) is 6.54 Å². The number of rotatable bonds is 4. The monoisotopic (exact) mass is 370 g/mol. The lowest BCUT2D eigenvalue weighted by Gasteiger charge is -2.03. The van der Waals surface area contributed by atoms with Gasteiger partial charge in [0.05, 0.1) is 12.8 Å². The molecule has 0 saturated heterocycles. The van der Waals surface area contributed by atoms with Gasteiger partial charge < -0.3 is 5.43 Å². The summed E-state index contributed by atoms with van der Waals surface area (Å²) in [5.41, 5.74) is 5.14. The van der Waals surface area contributed by atoms with Gasteiger partial charge in [0, 0.05) is 14.2 Å². The molecule has 0 spiro atoms. The highest BCUT2D eigenvalue weighted by Crippen LogP contribution is 2.14. The second-order valence-electron chi connectivity index (χ2n) is 3.71. The van der Waals surface area contributed by atoms with Crippen LogP contribution in [-0.4, -0.2) is 6.21 Å². The molecule has 4 heteroatoms. The Morgan fingerprint density at radius 2 is 1.83 bits per heavy atom. The molecule has 92 valence electrons. The molecular weight excluding hydrogens is 359 g/mol. The van der Waals surface area contributed by atoms with Crippen molar-refractivity contribution in [2.75, 3.05) is 0 Å². The van der Waals surface area contributed by atoms with Crippen LogP contribution in [0.2, 0.25) is 5.02 Å². The summed E-state index contributed by atoms with van der Waals surface area (Å²) in [5, 5.41) is 4.96. The zero-order valence-electron chi connectivity index (χ0n) is 9.61. The fraction of sp³-hybridized carbons (Fsp3) is 0.0714. The van der Waals surface area contributed by atoms with Gasteiger partial charge in [-0.2, -0.15) is 5.10 Å². The molecule has 2 nitrogen and oxygen atoms in total. The fourth-order valence-corrected chi connectivity index (χ4v) is 2.20. The molecule has 2 aromatic carbocycles. The van der Waals surface area contributed by atoms with E-state index in [1.165, 1.54) is 3.57 Å². The van der Waals surface area contributed by atoms with Crippen molar-refractivity contribution >= 4 is 40.4 Å². The molecule has 0 saturated carbocycles. The van der Waals surface area contributed by atoms with E-state index in [1.54, 1.807) is 0 Å². The minimum atomic E-state index is 0.625. The zero-order chi connectivity index (χ0) is 12.8. The second-order valence-corrected chi connectivity index (χ2v) is 5.28. The highest BCUT2D eigenvalue weighted by atomic mass is 127. The number of halogens is 2. The molecule has 0 radical (unpaired) electrons. The van der Waals surface area contributed by atoms with Crippen molar-refractivity contribution in [3.05, 3.63) is 68.3 Å². The van der Waals surface area contributed by atoms with E-state index in [1.807, 2.05) is 48.7 Å². The number of hydrogen-bond acceptors (Lipinski definition) is 2. The maximum Gasteiger partial charge on any atom is 0.0594 e. The van der Waals surface area contributed by atoms with Gasteiger partial charge in [0.15, 0.2) is 0 Å². The van der Waals surface area contributed by atoms with Gasteiger partial charge in [-0.05, 0) is 40.3 Å². The summed E-state index contributed by atoms with van der Waals surface area (Å²) in [6.45, 7) is 0.625. The SMILES string of the molecule is Clc1ccccc1CN/N=C\c1ccccc1I. The summed E-state index contributed by atoms with van der Waals surface area (Å²) in [6.07, 6.45) is 1.82. The summed E-state index contributed by atoms with van der Waals surface area (Å²) in [5.74, 6) is 0. The molecule has 0 aromatic heterocycles. The van der Waals surface area contributed by atoms with E-state index in [4.69, 9.17) is 11.6 Å². The van der Waals surface area contributed by atoms with E-state index >= 15 is 0 Å². The minimum absolute atomic E-state index is 0.625. The molecule has 0 amide bonds. The summed E-state index contributed by atoms with van der Waals surface area (Å²) in [7, 11) is 0. The molecule has 0 unspecified atom stereocenters. The van der Waals surface area contributed by atoms with Crippen LogP contribution in [-0.2, 0) is 6.54 Å². The fourth-order valence-electron chi connectivity index (χ4n) is 1.47. The molecule has 0 bridgehead atoms. The largest absolute Gasteiger partial charge is 0.306 e. The average molecular weight is 371 g/mol. The molecule has 0 aliphatic heterocycles. The number of nitrogens with one attached hydrogen (secondary N) is 1. The number of nitrogens with zero attached hydrogens (tertiary/aromatic N) is 1. The average Bonchev–Trinajstić information content (AvgIpc) is 2.38. The van der Waals surface area contributed by atoms with E-state index < -0.39 is 0 Å². The van der Waals surface area contributed by atoms with E-state index in [0.717, 1.165) is 16.1 Å². The molecule has 0 aliphatic carbocycles. The van der Waals surface area contributed by atoms with E-state index in [0.29, 0.717) is 6.54 Å². The van der Waals surface area contributed by atoms with Gasteiger partial charge in [-0.25, -0.2) is 0 Å². The normalized spacial score (nSPS) is 10.8. The first-order chi connectivity index (χ1) is 8.77. The van der Waals surface area contributed by atoms with Crippen molar-refractivity contribution in [3.63, 3.8) is 0 Å². The first-order valence-corrected chi connectivity index (χ1v) is 6.97. The van der Waals surface area contributed by atoms with Crippen LogP contribution >= 0.6 is 34.2 Å². The van der Waals surface area contributed by atoms with Gasteiger partial charge in [-0.3, -0.25) is 0 Å². The van der Waals surface area contributed by atoms with Gasteiger partial charge in [0.2, 0.25) is 0 Å². The van der Waals surface area contributed by atoms with Crippen LogP contribution in [0.3, 0.4) is 0 Å². The van der Waals surface area contributed by atoms with Crippen molar-refractivity contribution in [2.24, 2.45) is 5.10 Å². The predicted molar refractivity (Wildman–Crippen MR) is 85.0 cm³/mol. The second kappa shape index (κ2) is 6.75. The van der Waals surface area contributed by atoms with Crippen LogP contribution < -0.4 is 5.43 Å². The Kier molecular flexibility index (Phi) is 5.01. The summed E-state index contributed by atoms with van der Waals surface area (Å²) in [4.78, 5) is 0. The van der Waals surface area contributed by atoms with Crippen LogP contribution in [0.15, 0.2) is 53.6 Å². The molecule has 0 heterocycles. The molecule has 2 rings (SSSR count). The van der Waals surface area contributed by atoms with Crippen LogP contribution in [0.25, 0.3) is 0 Å². The van der Waals surface area contributed by atoms with Crippen molar-refractivity contribution < 1.29 is 0 Å². The third kappa shape index (κ3) is 3.71. The van der Waals surface area contributed by atoms with E-state index in [9.17, 15) is 0 Å². The van der Waals surface area contributed by atoms with Crippen LogP contribution in [0.1, 0.15) is 11.1 Å². The van der Waals surface area contributed by atoms with E-state index in [2.05, 4.69) is 39.2 Å². The smallest absolute Gasteiger partial charge is 0.0594 e. The van der Waals surface area contributed by atoms with Gasteiger partial charge in [0.1, 0.15) is 0 Å². The Morgan fingerprint density at radius 1 is 1.11 bits per heavy atom. The Morgan fingerprint density at radius 3 is 2.61 bits per heavy atom. The highest BCUT2D eigenvalue weighted by molar-refractivity contribution is 14.1. The van der Waals surface area contributed by atoms with Crippen LogP contribution in [0, 0.1) is 3.57 Å². The Hall–Kier alpha value is -1.07. The summed E-state index contributed by atoms with van der Waals surface area (Å²) < 4.78 is 1.18. The van der Waals surface area contributed by atoms with Crippen molar-refractivity contribution in [3.8, 4) is 0 Å². The third-order valence-electron chi connectivity index (χ3n) is 2.43. The summed E-state index contributed by atoms with van der Waals surface area (Å²) >= 11 is 8.34. The Balaban J connectivity index is 1.93. The molecule has 0 fully saturated rings. The van der Waals surface area contributed by atoms with E-state index in [-0.39, 0.29) is 0 Å². The highest BCUT2D eigenvalue weighted by Gasteiger charge is 1.97. The molecule has 0 aliphatic rings. The number of hydrazone groups is 1. The molecule has 1 N–H and O–H groups in total. The number of hydrogen-bond donors (Lipinski definition) is 1. The maximum atomic E-state index is 6.05. The quantitative estimate of drug-likeness (QED) is 0.490. The van der Waals surface area contributed by atoms with Gasteiger partial charge in [0.25, 0.3) is 0 Å². The van der Waals surface area contributed by atoms with Gasteiger partial charge in [-0.15, -0.1) is 0 Å². The molecule has 18 heavy (non-hydrogen) atoms. The Labute approximate surface area is 125 Å². The van der Waals surface area contributed by atoms with Crippen molar-refractivity contribution in [1.82, 2.24) is 5.43 Å². The maximum absolute atomic E-state index is 6.05. The third-order valence-corrected chi connectivity index (χ3v) is 3.78. The minimum Gasteiger partial charge on any atom is -0.306 e. The first-order valence-electron chi connectivity index (χ1n) is 5.51. The predicted octanol–water partition coefficient (Wildman–Crippen LogP) is 4.07.